The van der Waals surface area contributed by atoms with Crippen molar-refractivity contribution in [3.05, 3.63) is 0 Å². The highest BCUT2D eigenvalue weighted by atomic mass is 32.3. The molecule has 1 heterocycles. The van der Waals surface area contributed by atoms with Gasteiger partial charge < -0.3 is 45.8 Å². The number of carboxylic acids is 1. The fourth-order valence-corrected chi connectivity index (χ4v) is 2.13. The van der Waals surface area contributed by atoms with E-state index in [9.17, 15) is 30.0 Å². The molecule has 6 atom stereocenters. The van der Waals surface area contributed by atoms with Gasteiger partial charge >= 0.3 is 16.4 Å². The highest BCUT2D eigenvalue weighted by Crippen LogP contribution is 2.30. The van der Waals surface area contributed by atoms with Gasteiger partial charge in [0, 0.05) is 6.42 Å². The zero-order valence-electron chi connectivity index (χ0n) is 13.5. The third-order valence-corrected chi connectivity index (χ3v) is 3.31. The maximum atomic E-state index is 11.2. The van der Waals surface area contributed by atoms with Crippen LogP contribution >= 0.6 is 0 Å². The minimum atomic E-state index is -4.67. The Hall–Kier alpha value is -1.47. The summed E-state index contributed by atoms with van der Waals surface area (Å²) >= 11 is 0. The standard InChI is InChI=1S/C11H19NO10.H2O4S/c13-2-5(16)8(18)9-7(12-6(17)3-14)4(15)1-11(21,22-9)10(19)20;1-5(2,3)4/h4-5,7-9,13-16,18,21H,1-3H2,(H,12,17)(H,19,20);(H2,1,2,3,4)/t4-,5?,7+,8?,9+,11?;/m0./s1. The van der Waals surface area contributed by atoms with Crippen molar-refractivity contribution >= 4 is 22.3 Å². The summed E-state index contributed by atoms with van der Waals surface area (Å²) < 4.78 is 36.4. The molecule has 1 rings (SSSR count). The number of aliphatic hydroxyl groups is 6. The Morgan fingerprint density at radius 3 is 2.07 bits per heavy atom. The molecule has 0 spiro atoms. The molecule has 0 radical (unpaired) electrons. The molecule has 0 aromatic rings. The van der Waals surface area contributed by atoms with Crippen LogP contribution in [0.4, 0.5) is 0 Å². The number of carboxylic acid groups (broad SMARTS) is 1. The number of aliphatic carboxylic acids is 1. The molecule has 160 valence electrons. The van der Waals surface area contributed by atoms with E-state index in [-0.39, 0.29) is 0 Å². The van der Waals surface area contributed by atoms with Gasteiger partial charge in [-0.3, -0.25) is 13.9 Å². The number of carbonyl (C=O) groups excluding carboxylic acids is 1. The highest BCUT2D eigenvalue weighted by Gasteiger charge is 2.53. The topological polar surface area (TPSA) is 272 Å². The third-order valence-electron chi connectivity index (χ3n) is 3.31. The average molecular weight is 423 g/mol. The van der Waals surface area contributed by atoms with Crippen LogP contribution in [0.5, 0.6) is 0 Å². The number of amides is 1. The Bertz CT molecular complexity index is 602. The minimum Gasteiger partial charge on any atom is -0.477 e. The summed E-state index contributed by atoms with van der Waals surface area (Å²) in [5, 5.41) is 67.5. The number of ether oxygens (including phenoxy) is 1. The number of carbonyl (C=O) groups is 2. The van der Waals surface area contributed by atoms with Crippen molar-refractivity contribution in [2.75, 3.05) is 13.2 Å². The molecular formula is C11H21NO14S. The third kappa shape index (κ3) is 8.39. The molecular weight excluding hydrogens is 402 g/mol. The maximum absolute atomic E-state index is 11.2. The molecule has 0 aromatic heterocycles. The first-order valence-corrected chi connectivity index (χ1v) is 8.44. The zero-order chi connectivity index (χ0) is 21.6. The van der Waals surface area contributed by atoms with Gasteiger partial charge in [-0.25, -0.2) is 4.79 Å². The molecule has 27 heavy (non-hydrogen) atoms. The summed E-state index contributed by atoms with van der Waals surface area (Å²) in [6.45, 7) is -1.86. The van der Waals surface area contributed by atoms with Crippen LogP contribution in [0.2, 0.25) is 0 Å². The van der Waals surface area contributed by atoms with Crippen molar-refractivity contribution < 1.29 is 67.6 Å². The van der Waals surface area contributed by atoms with Crippen LogP contribution < -0.4 is 5.32 Å². The zero-order valence-corrected chi connectivity index (χ0v) is 14.3. The first kappa shape index (κ1) is 25.5. The van der Waals surface area contributed by atoms with Gasteiger partial charge in [0.25, 0.3) is 5.79 Å². The van der Waals surface area contributed by atoms with Gasteiger partial charge in [-0.2, -0.15) is 8.42 Å². The van der Waals surface area contributed by atoms with Crippen LogP contribution in [0.1, 0.15) is 6.42 Å². The van der Waals surface area contributed by atoms with E-state index in [0.29, 0.717) is 0 Å². The Morgan fingerprint density at radius 2 is 1.70 bits per heavy atom. The molecule has 0 aliphatic carbocycles. The lowest BCUT2D eigenvalue weighted by Crippen LogP contribution is -2.67. The van der Waals surface area contributed by atoms with E-state index in [1.54, 1.807) is 0 Å². The molecule has 1 amide bonds. The van der Waals surface area contributed by atoms with Crippen LogP contribution in [0.15, 0.2) is 0 Å². The van der Waals surface area contributed by atoms with Gasteiger partial charge in [0.2, 0.25) is 5.91 Å². The van der Waals surface area contributed by atoms with E-state index in [1.807, 2.05) is 0 Å². The summed E-state index contributed by atoms with van der Waals surface area (Å²) in [6, 6.07) is -1.42. The largest absolute Gasteiger partial charge is 0.477 e. The Morgan fingerprint density at radius 1 is 1.22 bits per heavy atom. The lowest BCUT2D eigenvalue weighted by atomic mass is 9.88. The summed E-state index contributed by atoms with van der Waals surface area (Å²) in [4.78, 5) is 22.2. The fraction of sp³-hybridized carbons (Fsp3) is 0.818. The first-order chi connectivity index (χ1) is 12.2. The van der Waals surface area contributed by atoms with Crippen LogP contribution in [0.3, 0.4) is 0 Å². The van der Waals surface area contributed by atoms with E-state index >= 15 is 0 Å². The van der Waals surface area contributed by atoms with Crippen LogP contribution in [0, 0.1) is 0 Å². The van der Waals surface area contributed by atoms with Crippen LogP contribution in [-0.2, 0) is 24.7 Å². The second-order valence-corrected chi connectivity index (χ2v) is 6.28. The van der Waals surface area contributed by atoms with Crippen molar-refractivity contribution in [2.45, 2.75) is 42.7 Å². The van der Waals surface area contributed by atoms with Crippen molar-refractivity contribution in [3.63, 3.8) is 0 Å². The molecule has 0 bridgehead atoms. The monoisotopic (exact) mass is 423 g/mol. The molecule has 3 unspecified atom stereocenters. The van der Waals surface area contributed by atoms with E-state index in [4.69, 9.17) is 37.6 Å². The molecule has 16 heteroatoms. The van der Waals surface area contributed by atoms with Gasteiger partial charge in [-0.1, -0.05) is 0 Å². The van der Waals surface area contributed by atoms with E-state index in [0.717, 1.165) is 0 Å². The number of hydrogen-bond acceptors (Lipinski definition) is 11. The lowest BCUT2D eigenvalue weighted by Gasteiger charge is -2.44. The van der Waals surface area contributed by atoms with E-state index in [2.05, 4.69) is 5.32 Å². The number of hydrogen-bond donors (Lipinski definition) is 10. The molecule has 1 saturated heterocycles. The van der Waals surface area contributed by atoms with Crippen molar-refractivity contribution in [1.29, 1.82) is 0 Å². The maximum Gasteiger partial charge on any atom is 0.394 e. The van der Waals surface area contributed by atoms with Gasteiger partial charge in [-0.05, 0) is 0 Å². The number of nitrogens with one attached hydrogen (secondary N) is 1. The number of aliphatic hydroxyl groups excluding tert-OH is 5. The van der Waals surface area contributed by atoms with Gasteiger partial charge in [0.05, 0.1) is 18.8 Å². The molecule has 10 N–H and O–H groups in total. The van der Waals surface area contributed by atoms with Crippen molar-refractivity contribution in [2.24, 2.45) is 0 Å². The van der Waals surface area contributed by atoms with Gasteiger partial charge in [-0.15, -0.1) is 0 Å². The predicted molar refractivity (Wildman–Crippen MR) is 80.4 cm³/mol. The summed E-state index contributed by atoms with van der Waals surface area (Å²) in [6.07, 6.45) is -7.92. The quantitative estimate of drug-likeness (QED) is 0.178. The lowest BCUT2D eigenvalue weighted by molar-refractivity contribution is -0.295. The second-order valence-electron chi connectivity index (χ2n) is 5.38. The normalized spacial score (nSPS) is 30.4. The number of rotatable bonds is 6. The van der Waals surface area contributed by atoms with Crippen molar-refractivity contribution in [1.82, 2.24) is 5.32 Å². The molecule has 1 aliphatic heterocycles. The predicted octanol–water partition coefficient (Wildman–Crippen LogP) is -5.55. The SMILES string of the molecule is O=C(CO)N[C@@H]1[C@@H](O)CC(O)(C(=O)O)O[C@H]1C(O)C(O)CO.O=S(=O)(O)O. The van der Waals surface area contributed by atoms with Gasteiger partial charge in [0.15, 0.2) is 0 Å². The smallest absolute Gasteiger partial charge is 0.394 e. The van der Waals surface area contributed by atoms with Crippen LogP contribution in [-0.4, -0.2) is 115 Å². The Kier molecular flexibility index (Phi) is 9.62. The Balaban J connectivity index is 0.00000119. The van der Waals surface area contributed by atoms with Gasteiger partial charge in [0.1, 0.15) is 24.9 Å². The minimum absolute atomic E-state index is 0.822. The average Bonchev–Trinajstić information content (AvgIpc) is 2.53. The molecule has 1 fully saturated rings. The van der Waals surface area contributed by atoms with Crippen molar-refractivity contribution in [3.8, 4) is 0 Å². The van der Waals surface area contributed by atoms with E-state index < -0.39 is 78.2 Å². The summed E-state index contributed by atoms with van der Waals surface area (Å²) in [7, 11) is -4.67. The molecule has 0 aromatic carbocycles. The summed E-state index contributed by atoms with van der Waals surface area (Å²) in [5.41, 5.74) is 0. The Labute approximate surface area is 152 Å². The molecule has 0 saturated carbocycles. The van der Waals surface area contributed by atoms with E-state index in [1.165, 1.54) is 0 Å². The van der Waals surface area contributed by atoms with Crippen LogP contribution in [0.25, 0.3) is 0 Å². The second kappa shape index (κ2) is 10.2. The highest BCUT2D eigenvalue weighted by molar-refractivity contribution is 7.79. The first-order valence-electron chi connectivity index (χ1n) is 7.05. The molecule has 15 nitrogen and oxygen atoms in total. The summed E-state index contributed by atoms with van der Waals surface area (Å²) in [5.74, 6) is -5.64. The fourth-order valence-electron chi connectivity index (χ4n) is 2.13. The molecule has 1 aliphatic rings.